The number of hydrogen-bond donors (Lipinski definition) is 1. The second-order valence-electron chi connectivity index (χ2n) is 8.00. The second-order valence-corrected chi connectivity index (χ2v) is 8.00. The number of carbonyl (C=O) groups is 1. The fourth-order valence-electron chi connectivity index (χ4n) is 3.99. The summed E-state index contributed by atoms with van der Waals surface area (Å²) < 4.78 is 11.0. The minimum atomic E-state index is -0.465. The summed E-state index contributed by atoms with van der Waals surface area (Å²) in [7, 11) is 5.77. The van der Waals surface area contributed by atoms with Crippen LogP contribution in [0.3, 0.4) is 0 Å². The van der Waals surface area contributed by atoms with Gasteiger partial charge in [-0.2, -0.15) is 0 Å². The highest BCUT2D eigenvalue weighted by Crippen LogP contribution is 2.42. The third-order valence-electron chi connectivity index (χ3n) is 5.66. The summed E-state index contributed by atoms with van der Waals surface area (Å²) in [4.78, 5) is 15.4. The number of methoxy groups -OCH3 is 1. The van der Waals surface area contributed by atoms with Gasteiger partial charge in [0.05, 0.1) is 19.1 Å². The molecule has 1 aliphatic rings. The van der Waals surface area contributed by atoms with Crippen molar-refractivity contribution in [3.63, 3.8) is 0 Å². The Morgan fingerprint density at radius 1 is 1.00 bits per heavy atom. The Kier molecular flexibility index (Phi) is 7.15. The predicted octanol–water partition coefficient (Wildman–Crippen LogP) is 4.48. The van der Waals surface area contributed by atoms with Crippen molar-refractivity contribution < 1.29 is 14.3 Å². The van der Waals surface area contributed by atoms with Crippen molar-refractivity contribution in [1.82, 2.24) is 4.90 Å². The third-order valence-corrected chi connectivity index (χ3v) is 5.66. The van der Waals surface area contributed by atoms with Gasteiger partial charge in [-0.1, -0.05) is 25.0 Å². The molecule has 0 bridgehead atoms. The van der Waals surface area contributed by atoms with Gasteiger partial charge < -0.3 is 19.7 Å². The average Bonchev–Trinajstić information content (AvgIpc) is 3.23. The zero-order valence-electron chi connectivity index (χ0n) is 17.7. The fourth-order valence-corrected chi connectivity index (χ4v) is 3.99. The molecule has 0 atom stereocenters. The van der Waals surface area contributed by atoms with Crippen LogP contribution in [0.25, 0.3) is 0 Å². The minimum absolute atomic E-state index is 0.0693. The van der Waals surface area contributed by atoms with Crippen LogP contribution >= 0.6 is 0 Å². The smallest absolute Gasteiger partial charge is 0.235 e. The van der Waals surface area contributed by atoms with Crippen LogP contribution in [0.2, 0.25) is 0 Å². The molecule has 3 rings (SSSR count). The predicted molar refractivity (Wildman–Crippen MR) is 117 cm³/mol. The fraction of sp³-hybridized carbons (Fsp3) is 0.458. The maximum absolute atomic E-state index is 13.3. The molecular weight excluding hydrogens is 364 g/mol. The molecule has 2 aromatic carbocycles. The molecule has 1 aliphatic carbocycles. The first-order valence-corrected chi connectivity index (χ1v) is 10.4. The molecule has 1 N–H and O–H groups in total. The SMILES string of the molecule is COc1ccc(C2(C(=O)Nc3ccc(OCCCN(C)C)cc3)CCCC2)cc1. The first-order valence-electron chi connectivity index (χ1n) is 10.4. The highest BCUT2D eigenvalue weighted by atomic mass is 16.5. The standard InChI is InChI=1S/C24H32N2O3/c1-26(2)17-6-18-29-22-13-9-20(10-14-22)25-23(27)24(15-4-5-16-24)19-7-11-21(28-3)12-8-19/h7-14H,4-6,15-18H2,1-3H3,(H,25,27). The molecule has 0 aromatic heterocycles. The number of nitrogens with zero attached hydrogens (tertiary/aromatic N) is 1. The monoisotopic (exact) mass is 396 g/mol. The lowest BCUT2D eigenvalue weighted by Gasteiger charge is -2.28. The van der Waals surface area contributed by atoms with Crippen LogP contribution in [0.1, 0.15) is 37.7 Å². The van der Waals surface area contributed by atoms with Crippen molar-refractivity contribution >= 4 is 11.6 Å². The Morgan fingerprint density at radius 2 is 1.62 bits per heavy atom. The first kappa shape index (κ1) is 21.2. The van der Waals surface area contributed by atoms with Crippen LogP contribution in [0.5, 0.6) is 11.5 Å². The van der Waals surface area contributed by atoms with Gasteiger partial charge in [-0.15, -0.1) is 0 Å². The number of amides is 1. The topological polar surface area (TPSA) is 50.8 Å². The second kappa shape index (κ2) is 9.79. The molecule has 156 valence electrons. The van der Waals surface area contributed by atoms with Crippen molar-refractivity contribution in [2.24, 2.45) is 0 Å². The number of anilines is 1. The molecule has 1 saturated carbocycles. The highest BCUT2D eigenvalue weighted by molar-refractivity contribution is 5.99. The molecule has 0 saturated heterocycles. The van der Waals surface area contributed by atoms with Crippen molar-refractivity contribution in [3.8, 4) is 11.5 Å². The molecule has 0 radical (unpaired) electrons. The van der Waals surface area contributed by atoms with Crippen LogP contribution in [0.15, 0.2) is 48.5 Å². The van der Waals surface area contributed by atoms with Gasteiger partial charge in [-0.05, 0) is 75.3 Å². The van der Waals surface area contributed by atoms with Gasteiger partial charge in [0, 0.05) is 12.2 Å². The average molecular weight is 397 g/mol. The van der Waals surface area contributed by atoms with Crippen LogP contribution in [0, 0.1) is 0 Å². The molecule has 0 heterocycles. The third kappa shape index (κ3) is 5.30. The molecule has 1 amide bonds. The van der Waals surface area contributed by atoms with Crippen molar-refractivity contribution in [2.45, 2.75) is 37.5 Å². The first-order chi connectivity index (χ1) is 14.0. The van der Waals surface area contributed by atoms with E-state index in [2.05, 4.69) is 24.3 Å². The van der Waals surface area contributed by atoms with E-state index in [-0.39, 0.29) is 5.91 Å². The molecule has 29 heavy (non-hydrogen) atoms. The van der Waals surface area contributed by atoms with Gasteiger partial charge in [0.2, 0.25) is 5.91 Å². The Hall–Kier alpha value is -2.53. The zero-order chi connectivity index (χ0) is 20.7. The summed E-state index contributed by atoms with van der Waals surface area (Å²) in [5.74, 6) is 1.70. The number of benzene rings is 2. The van der Waals surface area contributed by atoms with E-state index >= 15 is 0 Å². The summed E-state index contributed by atoms with van der Waals surface area (Å²) in [5, 5.41) is 3.13. The Bertz CT molecular complexity index is 779. The van der Waals surface area contributed by atoms with Crippen LogP contribution in [-0.2, 0) is 10.2 Å². The molecular formula is C24H32N2O3. The summed E-state index contributed by atoms with van der Waals surface area (Å²) in [6.45, 7) is 1.69. The van der Waals surface area contributed by atoms with E-state index in [9.17, 15) is 4.79 Å². The van der Waals surface area contributed by atoms with Gasteiger partial charge in [-0.25, -0.2) is 0 Å². The van der Waals surface area contributed by atoms with Gasteiger partial charge in [0.25, 0.3) is 0 Å². The van der Waals surface area contributed by atoms with Gasteiger partial charge in [0.1, 0.15) is 11.5 Å². The highest BCUT2D eigenvalue weighted by Gasteiger charge is 2.42. The van der Waals surface area contributed by atoms with E-state index in [1.54, 1.807) is 7.11 Å². The van der Waals surface area contributed by atoms with Crippen LogP contribution in [-0.4, -0.2) is 45.2 Å². The summed E-state index contributed by atoms with van der Waals surface area (Å²) in [5.41, 5.74) is 1.40. The lowest BCUT2D eigenvalue weighted by Crippen LogP contribution is -2.37. The van der Waals surface area contributed by atoms with Gasteiger partial charge in [-0.3, -0.25) is 4.79 Å². The molecule has 0 unspecified atom stereocenters. The molecule has 1 fully saturated rings. The van der Waals surface area contributed by atoms with E-state index in [1.807, 2.05) is 48.5 Å². The van der Waals surface area contributed by atoms with E-state index in [4.69, 9.17) is 9.47 Å². The number of carbonyl (C=O) groups excluding carboxylic acids is 1. The van der Waals surface area contributed by atoms with Crippen molar-refractivity contribution in [1.29, 1.82) is 0 Å². The quantitative estimate of drug-likeness (QED) is 0.635. The molecule has 5 nitrogen and oxygen atoms in total. The van der Waals surface area contributed by atoms with Gasteiger partial charge >= 0.3 is 0 Å². The summed E-state index contributed by atoms with van der Waals surface area (Å²) in [6.07, 6.45) is 4.87. The zero-order valence-corrected chi connectivity index (χ0v) is 17.7. The van der Waals surface area contributed by atoms with Crippen LogP contribution in [0.4, 0.5) is 5.69 Å². The van der Waals surface area contributed by atoms with E-state index in [1.165, 1.54) is 0 Å². The van der Waals surface area contributed by atoms with Gasteiger partial charge in [0.15, 0.2) is 0 Å². The lowest BCUT2D eigenvalue weighted by molar-refractivity contribution is -0.121. The number of nitrogens with one attached hydrogen (secondary N) is 1. The van der Waals surface area contributed by atoms with E-state index in [0.717, 1.165) is 61.4 Å². The largest absolute Gasteiger partial charge is 0.497 e. The Labute approximate surface area is 174 Å². The lowest BCUT2D eigenvalue weighted by atomic mass is 9.78. The Balaban J connectivity index is 1.64. The van der Waals surface area contributed by atoms with Crippen molar-refractivity contribution in [2.75, 3.05) is 39.7 Å². The molecule has 0 spiro atoms. The summed E-state index contributed by atoms with van der Waals surface area (Å²) >= 11 is 0. The Morgan fingerprint density at radius 3 is 2.21 bits per heavy atom. The normalized spacial score (nSPS) is 15.3. The molecule has 0 aliphatic heterocycles. The number of hydrogen-bond acceptors (Lipinski definition) is 4. The molecule has 2 aromatic rings. The number of rotatable bonds is 9. The van der Waals surface area contributed by atoms with E-state index in [0.29, 0.717) is 6.61 Å². The minimum Gasteiger partial charge on any atom is -0.497 e. The number of ether oxygens (including phenoxy) is 2. The maximum atomic E-state index is 13.3. The van der Waals surface area contributed by atoms with E-state index < -0.39 is 5.41 Å². The van der Waals surface area contributed by atoms with Crippen molar-refractivity contribution in [3.05, 3.63) is 54.1 Å². The molecule has 5 heteroatoms. The maximum Gasteiger partial charge on any atom is 0.235 e. The summed E-state index contributed by atoms with van der Waals surface area (Å²) in [6, 6.07) is 15.6. The van der Waals surface area contributed by atoms with Crippen LogP contribution < -0.4 is 14.8 Å².